The van der Waals surface area contributed by atoms with Crippen molar-refractivity contribution in [2.24, 2.45) is 0 Å². The largest absolute Gasteiger partial charge is 0.478 e. The van der Waals surface area contributed by atoms with Crippen molar-refractivity contribution >= 4 is 35.4 Å². The highest BCUT2D eigenvalue weighted by Crippen LogP contribution is 2.16. The van der Waals surface area contributed by atoms with Crippen LogP contribution in [0.4, 0.5) is 0 Å². The van der Waals surface area contributed by atoms with E-state index in [9.17, 15) is 14.4 Å². The lowest BCUT2D eigenvalue weighted by atomic mass is 9.99. The predicted molar refractivity (Wildman–Crippen MR) is 78.5 cm³/mol. The van der Waals surface area contributed by atoms with E-state index in [1.165, 1.54) is 18.2 Å². The Morgan fingerprint density at radius 3 is 2.62 bits per heavy atom. The number of hydrogen-bond donors (Lipinski definition) is 1. The molecule has 1 N–H and O–H groups in total. The molecule has 0 fully saturated rings. The van der Waals surface area contributed by atoms with Crippen molar-refractivity contribution in [3.05, 3.63) is 41.0 Å². The highest BCUT2D eigenvalue weighted by Gasteiger charge is 2.11. The minimum atomic E-state index is -1.12. The van der Waals surface area contributed by atoms with Crippen molar-refractivity contribution in [1.82, 2.24) is 0 Å². The second kappa shape index (κ2) is 8.21. The third-order valence-corrected chi connectivity index (χ3v) is 2.90. The van der Waals surface area contributed by atoms with Crippen LogP contribution in [0, 0.1) is 0 Å². The average Bonchev–Trinajstić information content (AvgIpc) is 2.46. The van der Waals surface area contributed by atoms with Gasteiger partial charge in [0.05, 0.1) is 18.1 Å². The summed E-state index contributed by atoms with van der Waals surface area (Å²) in [7, 11) is 0. The van der Waals surface area contributed by atoms with E-state index in [0.29, 0.717) is 16.7 Å². The van der Waals surface area contributed by atoms with Crippen LogP contribution >= 0.6 is 11.6 Å². The SMILES string of the molecule is CCOC(=O)c1ccc(CC(=O)CCl)c(/C=C/C(=O)O)c1. The maximum Gasteiger partial charge on any atom is 0.338 e. The normalized spacial score (nSPS) is 10.6. The molecule has 1 rings (SSSR count). The summed E-state index contributed by atoms with van der Waals surface area (Å²) in [4.78, 5) is 33.7. The first kappa shape index (κ1) is 16.9. The number of hydrogen-bond acceptors (Lipinski definition) is 4. The average molecular weight is 311 g/mol. The zero-order valence-corrected chi connectivity index (χ0v) is 12.2. The number of carbonyl (C=O) groups is 3. The number of carbonyl (C=O) groups excluding carboxylic acids is 2. The molecule has 0 aromatic heterocycles. The number of benzene rings is 1. The zero-order valence-electron chi connectivity index (χ0n) is 11.5. The van der Waals surface area contributed by atoms with Gasteiger partial charge in [0, 0.05) is 12.5 Å². The van der Waals surface area contributed by atoms with Crippen LogP contribution in [0.2, 0.25) is 0 Å². The molecular weight excluding hydrogens is 296 g/mol. The first-order valence-corrected chi connectivity index (χ1v) is 6.80. The van der Waals surface area contributed by atoms with Crippen LogP contribution in [0.15, 0.2) is 24.3 Å². The van der Waals surface area contributed by atoms with Gasteiger partial charge in [-0.05, 0) is 36.3 Å². The molecule has 0 radical (unpaired) electrons. The maximum atomic E-state index is 11.7. The van der Waals surface area contributed by atoms with Crippen molar-refractivity contribution in [3.63, 3.8) is 0 Å². The summed E-state index contributed by atoms with van der Waals surface area (Å²) in [5, 5.41) is 8.69. The van der Waals surface area contributed by atoms with E-state index < -0.39 is 11.9 Å². The van der Waals surface area contributed by atoms with Crippen LogP contribution in [0.5, 0.6) is 0 Å². The number of halogens is 1. The lowest BCUT2D eigenvalue weighted by Gasteiger charge is -2.08. The maximum absolute atomic E-state index is 11.7. The van der Waals surface area contributed by atoms with Gasteiger partial charge >= 0.3 is 11.9 Å². The summed E-state index contributed by atoms with van der Waals surface area (Å²) in [5.41, 5.74) is 1.37. The summed E-state index contributed by atoms with van der Waals surface area (Å²) >= 11 is 5.47. The number of esters is 1. The highest BCUT2D eigenvalue weighted by atomic mass is 35.5. The second-order valence-electron chi connectivity index (χ2n) is 4.15. The fourth-order valence-electron chi connectivity index (χ4n) is 1.67. The molecular formula is C15H15ClO5. The van der Waals surface area contributed by atoms with Gasteiger partial charge in [0.25, 0.3) is 0 Å². The minimum absolute atomic E-state index is 0.0753. The van der Waals surface area contributed by atoms with Crippen LogP contribution in [0.1, 0.15) is 28.4 Å². The number of rotatable bonds is 7. The molecule has 0 atom stereocenters. The van der Waals surface area contributed by atoms with Gasteiger partial charge in [-0.2, -0.15) is 0 Å². The van der Waals surface area contributed by atoms with Crippen LogP contribution in [0.25, 0.3) is 6.08 Å². The molecule has 0 heterocycles. The number of Topliss-reactive ketones (excluding diaryl/α,β-unsaturated/α-hetero) is 1. The highest BCUT2D eigenvalue weighted by molar-refractivity contribution is 6.27. The van der Waals surface area contributed by atoms with Crippen LogP contribution in [-0.2, 0) is 20.7 Å². The Bertz CT molecular complexity index is 577. The molecule has 5 nitrogen and oxygen atoms in total. The fraction of sp³-hybridized carbons (Fsp3) is 0.267. The van der Waals surface area contributed by atoms with Gasteiger partial charge in [0.2, 0.25) is 0 Å². The van der Waals surface area contributed by atoms with Crippen molar-refractivity contribution in [2.45, 2.75) is 13.3 Å². The van der Waals surface area contributed by atoms with Crippen molar-refractivity contribution < 1.29 is 24.2 Å². The Morgan fingerprint density at radius 1 is 1.33 bits per heavy atom. The number of ether oxygens (including phenoxy) is 1. The Hall–Kier alpha value is -2.14. The molecule has 0 aliphatic heterocycles. The molecule has 0 amide bonds. The van der Waals surface area contributed by atoms with Gasteiger partial charge in [-0.15, -0.1) is 11.6 Å². The van der Waals surface area contributed by atoms with E-state index in [0.717, 1.165) is 6.08 Å². The number of aliphatic carboxylic acids is 1. The summed E-state index contributed by atoms with van der Waals surface area (Å²) in [6.07, 6.45) is 2.35. The van der Waals surface area contributed by atoms with Crippen molar-refractivity contribution in [1.29, 1.82) is 0 Å². The number of carboxylic acids is 1. The number of ketones is 1. The quantitative estimate of drug-likeness (QED) is 0.475. The van der Waals surface area contributed by atoms with Gasteiger partial charge < -0.3 is 9.84 Å². The van der Waals surface area contributed by atoms with Gasteiger partial charge in [-0.3, -0.25) is 4.79 Å². The number of alkyl halides is 1. The molecule has 1 aromatic rings. The third-order valence-electron chi connectivity index (χ3n) is 2.60. The molecule has 0 spiro atoms. The Labute approximate surface area is 127 Å². The summed E-state index contributed by atoms with van der Waals surface area (Å²) in [5.74, 6) is -1.93. The molecule has 0 saturated heterocycles. The molecule has 21 heavy (non-hydrogen) atoms. The topological polar surface area (TPSA) is 80.7 Å². The van der Waals surface area contributed by atoms with E-state index in [1.54, 1.807) is 13.0 Å². The third kappa shape index (κ3) is 5.39. The Morgan fingerprint density at radius 2 is 2.05 bits per heavy atom. The van der Waals surface area contributed by atoms with Crippen LogP contribution in [-0.4, -0.2) is 35.3 Å². The smallest absolute Gasteiger partial charge is 0.338 e. The molecule has 0 bridgehead atoms. The standard InChI is InChI=1S/C15H15ClO5/c1-2-21-15(20)12-4-3-11(8-13(17)9-16)10(7-12)5-6-14(18)19/h3-7H,2,8-9H2,1H3,(H,18,19)/b6-5+. The molecule has 1 aromatic carbocycles. The summed E-state index contributed by atoms with van der Waals surface area (Å²) in [6.45, 7) is 1.93. The van der Waals surface area contributed by atoms with Crippen LogP contribution in [0.3, 0.4) is 0 Å². The molecule has 6 heteroatoms. The molecule has 0 aliphatic carbocycles. The van der Waals surface area contributed by atoms with Gasteiger partial charge in [-0.25, -0.2) is 9.59 Å². The molecule has 0 saturated carbocycles. The first-order chi connectivity index (χ1) is 9.97. The van der Waals surface area contributed by atoms with E-state index in [1.807, 2.05) is 0 Å². The lowest BCUT2D eigenvalue weighted by molar-refractivity contribution is -0.131. The van der Waals surface area contributed by atoms with Gasteiger partial charge in [-0.1, -0.05) is 6.07 Å². The zero-order chi connectivity index (χ0) is 15.8. The predicted octanol–water partition coefficient (Wildman–Crippen LogP) is 2.31. The lowest BCUT2D eigenvalue weighted by Crippen LogP contribution is -2.08. The molecule has 0 aliphatic rings. The Balaban J connectivity index is 3.15. The molecule has 0 unspecified atom stereocenters. The summed E-state index contributed by atoms with van der Waals surface area (Å²) < 4.78 is 4.88. The van der Waals surface area contributed by atoms with Crippen LogP contribution < -0.4 is 0 Å². The fourth-order valence-corrected chi connectivity index (χ4v) is 1.77. The van der Waals surface area contributed by atoms with E-state index in [-0.39, 0.29) is 24.7 Å². The monoisotopic (exact) mass is 310 g/mol. The summed E-state index contributed by atoms with van der Waals surface area (Å²) in [6, 6.07) is 4.62. The van der Waals surface area contributed by atoms with E-state index in [4.69, 9.17) is 21.4 Å². The van der Waals surface area contributed by atoms with E-state index in [2.05, 4.69) is 0 Å². The first-order valence-electron chi connectivity index (χ1n) is 6.26. The minimum Gasteiger partial charge on any atom is -0.478 e. The van der Waals surface area contributed by atoms with E-state index >= 15 is 0 Å². The van der Waals surface area contributed by atoms with Crippen molar-refractivity contribution in [3.8, 4) is 0 Å². The Kier molecular flexibility index (Phi) is 6.62. The molecule has 112 valence electrons. The van der Waals surface area contributed by atoms with Gasteiger partial charge in [0.15, 0.2) is 5.78 Å². The second-order valence-corrected chi connectivity index (χ2v) is 4.42. The number of carboxylic acid groups (broad SMARTS) is 1. The van der Waals surface area contributed by atoms with Crippen molar-refractivity contribution in [2.75, 3.05) is 12.5 Å². The van der Waals surface area contributed by atoms with Gasteiger partial charge in [0.1, 0.15) is 0 Å².